The minimum Gasteiger partial charge on any atom is -0.333 e. The number of aromatic amines is 1. The van der Waals surface area contributed by atoms with E-state index in [9.17, 15) is 5.26 Å². The normalized spacial score (nSPS) is 17.7. The summed E-state index contributed by atoms with van der Waals surface area (Å²) >= 11 is 6.13. The minimum atomic E-state index is 0.419. The van der Waals surface area contributed by atoms with Crippen LogP contribution in [0.1, 0.15) is 16.7 Å². The van der Waals surface area contributed by atoms with Gasteiger partial charge in [0, 0.05) is 6.42 Å². The Balaban J connectivity index is 2.52. The molecule has 18 heavy (non-hydrogen) atoms. The Kier molecular flexibility index (Phi) is 3.85. The predicted octanol–water partition coefficient (Wildman–Crippen LogP) is 0.194. The fraction of sp³-hybridized carbons (Fsp3) is 0.385. The lowest BCUT2D eigenvalue weighted by Gasteiger charge is -2.23. The van der Waals surface area contributed by atoms with Crippen molar-refractivity contribution in [3.63, 3.8) is 0 Å². The number of pyridine rings is 1. The lowest BCUT2D eigenvalue weighted by molar-refractivity contribution is -0.895. The molecule has 5 heteroatoms. The molecule has 0 fully saturated rings. The molecule has 4 nitrogen and oxygen atoms in total. The SMILES string of the molecule is C=CCNc1[nH+]c(Cl)c(C#N)c2c1C[NH+](C)CC2. The van der Waals surface area contributed by atoms with Gasteiger partial charge in [0.1, 0.15) is 24.7 Å². The van der Waals surface area contributed by atoms with Gasteiger partial charge in [0.15, 0.2) is 0 Å². The van der Waals surface area contributed by atoms with Gasteiger partial charge in [-0.2, -0.15) is 5.26 Å². The number of anilines is 1. The Morgan fingerprint density at radius 3 is 3.06 bits per heavy atom. The Labute approximate surface area is 112 Å². The number of nitrogens with one attached hydrogen (secondary N) is 3. The van der Waals surface area contributed by atoms with Gasteiger partial charge in [-0.05, 0) is 17.2 Å². The van der Waals surface area contributed by atoms with Gasteiger partial charge in [-0.3, -0.25) is 5.32 Å². The molecule has 3 N–H and O–H groups in total. The van der Waals surface area contributed by atoms with E-state index in [-0.39, 0.29) is 0 Å². The molecule has 0 aliphatic carbocycles. The smallest absolute Gasteiger partial charge is 0.282 e. The number of quaternary nitrogens is 1. The van der Waals surface area contributed by atoms with E-state index >= 15 is 0 Å². The van der Waals surface area contributed by atoms with Crippen molar-refractivity contribution in [2.24, 2.45) is 0 Å². The van der Waals surface area contributed by atoms with Gasteiger partial charge >= 0.3 is 0 Å². The first-order valence-corrected chi connectivity index (χ1v) is 6.37. The molecule has 94 valence electrons. The zero-order valence-corrected chi connectivity index (χ0v) is 11.2. The third-order valence-electron chi connectivity index (χ3n) is 3.24. The van der Waals surface area contributed by atoms with Crippen molar-refractivity contribution in [2.45, 2.75) is 13.0 Å². The first kappa shape index (κ1) is 12.9. The standard InChI is InChI=1S/C13H15ClN4/c1-3-5-16-13-11-8-18(2)6-4-9(11)10(7-15)12(14)17-13/h3H,1,4-6,8H2,2H3,(H,16,17)/p+2. The average molecular weight is 265 g/mol. The second-order valence-corrected chi connectivity index (χ2v) is 4.94. The Hall–Kier alpha value is -1.57. The summed E-state index contributed by atoms with van der Waals surface area (Å²) in [4.78, 5) is 4.52. The van der Waals surface area contributed by atoms with Crippen LogP contribution in [-0.2, 0) is 13.0 Å². The number of aromatic nitrogens is 1. The van der Waals surface area contributed by atoms with Gasteiger partial charge < -0.3 is 4.90 Å². The van der Waals surface area contributed by atoms with Gasteiger partial charge in [0.25, 0.3) is 5.82 Å². The number of nitriles is 1. The molecule has 0 amide bonds. The summed E-state index contributed by atoms with van der Waals surface area (Å²) in [6, 6.07) is 2.20. The van der Waals surface area contributed by atoms with Crippen LogP contribution in [-0.4, -0.2) is 20.1 Å². The van der Waals surface area contributed by atoms with E-state index in [1.165, 1.54) is 10.5 Å². The molecule has 0 saturated heterocycles. The fourth-order valence-electron chi connectivity index (χ4n) is 2.32. The zero-order valence-electron chi connectivity index (χ0n) is 10.4. The molecule has 2 rings (SSSR count). The molecule has 1 aliphatic rings. The van der Waals surface area contributed by atoms with Crippen LogP contribution in [0.5, 0.6) is 0 Å². The van der Waals surface area contributed by atoms with E-state index in [1.807, 2.05) is 0 Å². The summed E-state index contributed by atoms with van der Waals surface area (Å²) in [5.74, 6) is 0.910. The summed E-state index contributed by atoms with van der Waals surface area (Å²) in [7, 11) is 2.15. The average Bonchev–Trinajstić information content (AvgIpc) is 2.36. The van der Waals surface area contributed by atoms with Crippen molar-refractivity contribution in [1.29, 1.82) is 5.26 Å². The monoisotopic (exact) mass is 264 g/mol. The highest BCUT2D eigenvalue weighted by molar-refractivity contribution is 6.29. The predicted molar refractivity (Wildman–Crippen MR) is 70.6 cm³/mol. The number of H-pyrrole nitrogens is 1. The van der Waals surface area contributed by atoms with Crippen molar-refractivity contribution < 1.29 is 9.88 Å². The largest absolute Gasteiger partial charge is 0.333 e. The maximum atomic E-state index is 9.21. The van der Waals surface area contributed by atoms with Crippen molar-refractivity contribution >= 4 is 17.4 Å². The minimum absolute atomic E-state index is 0.419. The summed E-state index contributed by atoms with van der Waals surface area (Å²) in [5.41, 5.74) is 2.84. The van der Waals surface area contributed by atoms with E-state index in [0.717, 1.165) is 30.9 Å². The second kappa shape index (κ2) is 5.38. The number of fused-ring (bicyclic) bond motifs is 1. The summed E-state index contributed by atoms with van der Waals surface area (Å²) in [6.07, 6.45) is 2.69. The molecular formula is C13H17ClN4+2. The molecule has 0 saturated carbocycles. The number of halogens is 1. The Morgan fingerprint density at radius 2 is 2.39 bits per heavy atom. The highest BCUT2D eigenvalue weighted by Gasteiger charge is 2.28. The topological polar surface area (TPSA) is 54.4 Å². The van der Waals surface area contributed by atoms with Gasteiger partial charge in [-0.1, -0.05) is 12.7 Å². The van der Waals surface area contributed by atoms with Crippen LogP contribution in [0.2, 0.25) is 5.15 Å². The van der Waals surface area contributed by atoms with E-state index in [4.69, 9.17) is 11.6 Å². The lowest BCUT2D eigenvalue weighted by atomic mass is 9.97. The molecule has 0 radical (unpaired) electrons. The number of hydrogen-bond acceptors (Lipinski definition) is 2. The number of likely N-dealkylation sites (N-methyl/N-ethyl adjacent to an activating group) is 1. The molecule has 2 heterocycles. The quantitative estimate of drug-likeness (QED) is 0.605. The van der Waals surface area contributed by atoms with Crippen molar-refractivity contribution in [1.82, 2.24) is 0 Å². The molecule has 1 aromatic heterocycles. The van der Waals surface area contributed by atoms with Gasteiger partial charge in [-0.15, -0.1) is 0 Å². The number of nitrogens with zero attached hydrogens (tertiary/aromatic N) is 1. The molecule has 1 atom stereocenters. The van der Waals surface area contributed by atoms with Gasteiger partial charge in [-0.25, -0.2) is 4.98 Å². The van der Waals surface area contributed by atoms with Gasteiger partial charge in [0.2, 0.25) is 5.15 Å². The van der Waals surface area contributed by atoms with E-state index in [0.29, 0.717) is 17.3 Å². The Morgan fingerprint density at radius 1 is 1.61 bits per heavy atom. The van der Waals surface area contributed by atoms with Crippen molar-refractivity contribution in [3.8, 4) is 6.07 Å². The van der Waals surface area contributed by atoms with Crippen LogP contribution in [0, 0.1) is 11.3 Å². The molecule has 0 bridgehead atoms. The van der Waals surface area contributed by atoms with Crippen LogP contribution in [0.4, 0.5) is 5.82 Å². The first-order valence-electron chi connectivity index (χ1n) is 6.00. The van der Waals surface area contributed by atoms with E-state index in [1.54, 1.807) is 6.08 Å². The number of rotatable bonds is 3. The van der Waals surface area contributed by atoms with E-state index in [2.05, 4.69) is 30.0 Å². The Bertz CT molecular complexity index is 519. The molecule has 1 aliphatic heterocycles. The summed E-state index contributed by atoms with van der Waals surface area (Å²) in [5, 5.41) is 12.9. The molecular weight excluding hydrogens is 248 g/mol. The fourth-order valence-corrected chi connectivity index (χ4v) is 2.57. The molecule has 1 unspecified atom stereocenters. The second-order valence-electron chi connectivity index (χ2n) is 4.56. The highest BCUT2D eigenvalue weighted by atomic mass is 35.5. The van der Waals surface area contributed by atoms with Crippen LogP contribution < -0.4 is 15.2 Å². The molecule has 0 aromatic carbocycles. The summed E-state index contributed by atoms with van der Waals surface area (Å²) in [6.45, 7) is 6.29. The lowest BCUT2D eigenvalue weighted by Crippen LogP contribution is -3.08. The third-order valence-corrected chi connectivity index (χ3v) is 3.52. The first-order chi connectivity index (χ1) is 8.67. The van der Waals surface area contributed by atoms with Gasteiger partial charge in [0.05, 0.1) is 19.2 Å². The van der Waals surface area contributed by atoms with Crippen molar-refractivity contribution in [3.05, 3.63) is 34.5 Å². The third kappa shape index (κ3) is 2.33. The number of hydrogen-bond donors (Lipinski definition) is 2. The van der Waals surface area contributed by atoms with E-state index < -0.39 is 0 Å². The maximum Gasteiger partial charge on any atom is 0.282 e. The zero-order chi connectivity index (χ0) is 13.1. The van der Waals surface area contributed by atoms with Crippen LogP contribution in [0.3, 0.4) is 0 Å². The van der Waals surface area contributed by atoms with Crippen LogP contribution in [0.25, 0.3) is 0 Å². The van der Waals surface area contributed by atoms with Crippen LogP contribution >= 0.6 is 11.6 Å². The maximum absolute atomic E-state index is 9.21. The summed E-state index contributed by atoms with van der Waals surface area (Å²) < 4.78 is 0. The van der Waals surface area contributed by atoms with Crippen LogP contribution in [0.15, 0.2) is 12.7 Å². The molecule has 0 spiro atoms. The molecule has 1 aromatic rings. The highest BCUT2D eigenvalue weighted by Crippen LogP contribution is 2.25. The van der Waals surface area contributed by atoms with Crippen molar-refractivity contribution in [2.75, 3.05) is 25.5 Å².